The van der Waals surface area contributed by atoms with Gasteiger partial charge in [-0.25, -0.2) is 14.2 Å². The molecule has 0 radical (unpaired) electrons. The van der Waals surface area contributed by atoms with Gasteiger partial charge in [-0.05, 0) is 37.0 Å². The molecule has 3 heterocycles. The number of urea groups is 1. The van der Waals surface area contributed by atoms with Crippen LogP contribution in [0.5, 0.6) is 0 Å². The van der Waals surface area contributed by atoms with E-state index >= 15 is 0 Å². The first-order valence-corrected chi connectivity index (χ1v) is 7.35. The summed E-state index contributed by atoms with van der Waals surface area (Å²) in [5.41, 5.74) is 0. The molecule has 1 saturated heterocycles. The number of hydrogen-bond acceptors (Lipinski definition) is 3. The Kier molecular flexibility index (Phi) is 4.32. The largest absolute Gasteiger partial charge is 0.324 e. The van der Waals surface area contributed by atoms with E-state index in [-0.39, 0.29) is 6.03 Å². The highest BCUT2D eigenvalue weighted by molar-refractivity contribution is 5.88. The number of aromatic nitrogens is 3. The van der Waals surface area contributed by atoms with E-state index in [2.05, 4.69) is 15.4 Å². The first kappa shape index (κ1) is 14.5. The lowest BCUT2D eigenvalue weighted by Crippen LogP contribution is -2.41. The van der Waals surface area contributed by atoms with Crippen LogP contribution in [0.1, 0.15) is 12.8 Å². The van der Waals surface area contributed by atoms with Gasteiger partial charge in [0, 0.05) is 32.0 Å². The highest BCUT2D eigenvalue weighted by Crippen LogP contribution is 2.19. The van der Waals surface area contributed by atoms with Crippen molar-refractivity contribution >= 4 is 11.8 Å². The Morgan fingerprint density at radius 1 is 1.36 bits per heavy atom. The fourth-order valence-electron chi connectivity index (χ4n) is 2.63. The number of likely N-dealkylation sites (tertiary alicyclic amines) is 1. The second-order valence-corrected chi connectivity index (χ2v) is 5.45. The summed E-state index contributed by atoms with van der Waals surface area (Å²) in [5, 5.41) is 6.90. The van der Waals surface area contributed by atoms with E-state index in [0.717, 1.165) is 25.6 Å². The van der Waals surface area contributed by atoms with Gasteiger partial charge >= 0.3 is 6.03 Å². The minimum atomic E-state index is -0.419. The second kappa shape index (κ2) is 6.55. The molecule has 7 heteroatoms. The molecule has 116 valence electrons. The van der Waals surface area contributed by atoms with E-state index in [4.69, 9.17) is 0 Å². The quantitative estimate of drug-likeness (QED) is 0.947. The topological polar surface area (TPSA) is 63.1 Å². The zero-order chi connectivity index (χ0) is 15.4. The Bertz CT molecular complexity index is 605. The number of nitrogens with one attached hydrogen (secondary N) is 1. The van der Waals surface area contributed by atoms with Crippen LogP contribution >= 0.6 is 0 Å². The number of anilines is 1. The Morgan fingerprint density at radius 2 is 2.18 bits per heavy atom. The van der Waals surface area contributed by atoms with Crippen molar-refractivity contribution in [1.29, 1.82) is 0 Å². The van der Waals surface area contributed by atoms with Gasteiger partial charge in [-0.2, -0.15) is 5.10 Å². The molecule has 0 saturated carbocycles. The van der Waals surface area contributed by atoms with Crippen molar-refractivity contribution in [2.45, 2.75) is 19.4 Å². The summed E-state index contributed by atoms with van der Waals surface area (Å²) in [4.78, 5) is 17.7. The number of amides is 2. The molecule has 2 amide bonds. The van der Waals surface area contributed by atoms with Crippen molar-refractivity contribution < 1.29 is 9.18 Å². The monoisotopic (exact) mass is 303 g/mol. The van der Waals surface area contributed by atoms with Crippen molar-refractivity contribution in [2.24, 2.45) is 5.92 Å². The Labute approximate surface area is 128 Å². The van der Waals surface area contributed by atoms with Gasteiger partial charge in [0.05, 0.1) is 6.20 Å². The fourth-order valence-corrected chi connectivity index (χ4v) is 2.63. The molecule has 0 unspecified atom stereocenters. The number of carbonyl (C=O) groups is 1. The van der Waals surface area contributed by atoms with E-state index in [1.165, 1.54) is 12.1 Å². The lowest BCUT2D eigenvalue weighted by atomic mass is 9.97. The van der Waals surface area contributed by atoms with Crippen LogP contribution in [0.3, 0.4) is 0 Å². The van der Waals surface area contributed by atoms with Gasteiger partial charge in [0.1, 0.15) is 11.6 Å². The zero-order valence-electron chi connectivity index (χ0n) is 12.2. The Hall–Kier alpha value is -2.44. The van der Waals surface area contributed by atoms with Crippen LogP contribution in [0.4, 0.5) is 15.0 Å². The normalized spacial score (nSPS) is 15.8. The molecular formula is C15H18FN5O. The molecule has 1 fully saturated rings. The summed E-state index contributed by atoms with van der Waals surface area (Å²) in [6, 6.07) is 4.46. The van der Waals surface area contributed by atoms with Crippen molar-refractivity contribution in [2.75, 3.05) is 18.4 Å². The number of halogens is 1. The molecular weight excluding hydrogens is 285 g/mol. The van der Waals surface area contributed by atoms with Gasteiger partial charge < -0.3 is 4.90 Å². The number of hydrogen-bond donors (Lipinski definition) is 1. The van der Waals surface area contributed by atoms with Gasteiger partial charge in [-0.1, -0.05) is 0 Å². The van der Waals surface area contributed by atoms with Crippen LogP contribution in [0, 0.1) is 11.7 Å². The van der Waals surface area contributed by atoms with Crippen LogP contribution < -0.4 is 5.32 Å². The van der Waals surface area contributed by atoms with Gasteiger partial charge in [0.25, 0.3) is 0 Å². The Morgan fingerprint density at radius 3 is 2.82 bits per heavy atom. The van der Waals surface area contributed by atoms with Gasteiger partial charge in [-0.3, -0.25) is 10.00 Å². The third-order valence-electron chi connectivity index (χ3n) is 3.87. The van der Waals surface area contributed by atoms with Crippen LogP contribution in [0.25, 0.3) is 0 Å². The number of pyridine rings is 1. The molecule has 1 aliphatic rings. The molecule has 1 N–H and O–H groups in total. The number of rotatable bonds is 3. The summed E-state index contributed by atoms with van der Waals surface area (Å²) in [6.07, 6.45) is 6.72. The number of piperidine rings is 1. The molecule has 0 atom stereocenters. The summed E-state index contributed by atoms with van der Waals surface area (Å²) >= 11 is 0. The van der Waals surface area contributed by atoms with E-state index in [1.807, 2.05) is 16.9 Å². The maximum atomic E-state index is 12.8. The minimum absolute atomic E-state index is 0.184. The van der Waals surface area contributed by atoms with Gasteiger partial charge in [-0.15, -0.1) is 0 Å². The third-order valence-corrected chi connectivity index (χ3v) is 3.87. The smallest absolute Gasteiger partial charge is 0.323 e. The van der Waals surface area contributed by atoms with Crippen molar-refractivity contribution in [3.8, 4) is 0 Å². The Balaban J connectivity index is 1.48. The van der Waals surface area contributed by atoms with Crippen LogP contribution in [-0.4, -0.2) is 38.8 Å². The first-order valence-electron chi connectivity index (χ1n) is 7.35. The average Bonchev–Trinajstić information content (AvgIpc) is 3.03. The predicted octanol–water partition coefficient (Wildman–Crippen LogP) is 2.36. The molecule has 0 aromatic carbocycles. The molecule has 2 aromatic heterocycles. The van der Waals surface area contributed by atoms with Crippen molar-refractivity contribution in [1.82, 2.24) is 19.7 Å². The van der Waals surface area contributed by atoms with E-state index in [0.29, 0.717) is 24.8 Å². The summed E-state index contributed by atoms with van der Waals surface area (Å²) in [7, 11) is 0. The number of nitrogens with zero attached hydrogens (tertiary/aromatic N) is 4. The fraction of sp³-hybridized carbons (Fsp3) is 0.400. The van der Waals surface area contributed by atoms with E-state index in [9.17, 15) is 9.18 Å². The molecule has 3 rings (SSSR count). The molecule has 0 spiro atoms. The maximum absolute atomic E-state index is 12.8. The molecule has 1 aliphatic heterocycles. The van der Waals surface area contributed by atoms with Crippen molar-refractivity contribution in [3.63, 3.8) is 0 Å². The van der Waals surface area contributed by atoms with Crippen LogP contribution in [0.15, 0.2) is 36.8 Å². The SMILES string of the molecule is O=C(Nc1ccc(F)cn1)N1CCC(Cn2cccn2)CC1. The van der Waals surface area contributed by atoms with Crippen LogP contribution in [0.2, 0.25) is 0 Å². The number of carbonyl (C=O) groups excluding carboxylic acids is 1. The summed E-state index contributed by atoms with van der Waals surface area (Å²) in [5.74, 6) is 0.482. The zero-order valence-corrected chi connectivity index (χ0v) is 12.2. The van der Waals surface area contributed by atoms with Gasteiger partial charge in [0.15, 0.2) is 0 Å². The maximum Gasteiger partial charge on any atom is 0.323 e. The molecule has 22 heavy (non-hydrogen) atoms. The lowest BCUT2D eigenvalue weighted by Gasteiger charge is -2.31. The van der Waals surface area contributed by atoms with Gasteiger partial charge in [0.2, 0.25) is 0 Å². The lowest BCUT2D eigenvalue weighted by molar-refractivity contribution is 0.175. The predicted molar refractivity (Wildman–Crippen MR) is 79.7 cm³/mol. The highest BCUT2D eigenvalue weighted by atomic mass is 19.1. The first-order chi connectivity index (χ1) is 10.7. The highest BCUT2D eigenvalue weighted by Gasteiger charge is 2.23. The minimum Gasteiger partial charge on any atom is -0.324 e. The van der Waals surface area contributed by atoms with E-state index < -0.39 is 5.82 Å². The average molecular weight is 303 g/mol. The molecule has 6 nitrogen and oxygen atoms in total. The molecule has 2 aromatic rings. The summed E-state index contributed by atoms with van der Waals surface area (Å²) < 4.78 is 14.7. The standard InChI is InChI=1S/C15H18FN5O/c16-13-2-3-14(17-10-13)19-15(22)20-8-4-12(5-9-20)11-21-7-1-6-18-21/h1-3,6-7,10,12H,4-5,8-9,11H2,(H,17,19,22). The summed E-state index contributed by atoms with van der Waals surface area (Å²) in [6.45, 7) is 2.31. The van der Waals surface area contributed by atoms with Crippen LogP contribution in [-0.2, 0) is 6.54 Å². The van der Waals surface area contributed by atoms with E-state index in [1.54, 1.807) is 11.1 Å². The molecule has 0 aliphatic carbocycles. The van der Waals surface area contributed by atoms with Crippen molar-refractivity contribution in [3.05, 3.63) is 42.6 Å². The molecule has 0 bridgehead atoms. The third kappa shape index (κ3) is 3.60. The second-order valence-electron chi connectivity index (χ2n) is 5.45.